The standard InChI is InChI=1S/C22H26F4N4O3S/c1-5-13(2)27-21-15(7-10-19(29-21)22(24,25)26)8-11-20(31)28-14(3)16-6-9-18(17(23)12-16)30-34(4,32)33/h6-14,30H,5H2,1-4H3,(H,27,29)(H,28,31)/t13-,14-/m1/s1. The molecule has 0 unspecified atom stereocenters. The molecule has 0 fully saturated rings. The molecule has 0 radical (unpaired) electrons. The highest BCUT2D eigenvalue weighted by Crippen LogP contribution is 2.30. The number of aromatic nitrogens is 1. The summed E-state index contributed by atoms with van der Waals surface area (Å²) in [6.45, 7) is 5.25. The molecule has 0 saturated heterocycles. The maximum atomic E-state index is 14.2. The first-order chi connectivity index (χ1) is 15.7. The lowest BCUT2D eigenvalue weighted by Crippen LogP contribution is -2.25. The number of rotatable bonds is 9. The number of pyridine rings is 1. The molecule has 186 valence electrons. The molecule has 0 aliphatic heterocycles. The summed E-state index contributed by atoms with van der Waals surface area (Å²) < 4.78 is 77.9. The van der Waals surface area contributed by atoms with E-state index in [1.54, 1.807) is 13.8 Å². The number of amides is 1. The minimum Gasteiger partial charge on any atom is -0.367 e. The van der Waals surface area contributed by atoms with E-state index < -0.39 is 39.7 Å². The number of anilines is 2. The first kappa shape index (κ1) is 27.1. The molecule has 0 bridgehead atoms. The van der Waals surface area contributed by atoms with Gasteiger partial charge < -0.3 is 10.6 Å². The van der Waals surface area contributed by atoms with Gasteiger partial charge >= 0.3 is 6.18 Å². The fourth-order valence-corrected chi connectivity index (χ4v) is 3.37. The summed E-state index contributed by atoms with van der Waals surface area (Å²) >= 11 is 0. The van der Waals surface area contributed by atoms with Crippen LogP contribution in [-0.2, 0) is 21.0 Å². The maximum absolute atomic E-state index is 14.2. The van der Waals surface area contributed by atoms with Gasteiger partial charge in [-0.05, 0) is 56.2 Å². The van der Waals surface area contributed by atoms with E-state index in [1.807, 2.05) is 11.6 Å². The van der Waals surface area contributed by atoms with Crippen molar-refractivity contribution in [1.29, 1.82) is 0 Å². The lowest BCUT2D eigenvalue weighted by molar-refractivity contribution is -0.141. The second kappa shape index (κ2) is 10.9. The molecule has 34 heavy (non-hydrogen) atoms. The molecular formula is C22H26F4N4O3S. The van der Waals surface area contributed by atoms with Crippen molar-refractivity contribution in [3.63, 3.8) is 0 Å². The number of hydrogen-bond donors (Lipinski definition) is 3. The quantitative estimate of drug-likeness (QED) is 0.341. The second-order valence-corrected chi connectivity index (χ2v) is 9.51. The SMILES string of the molecule is CC[C@@H](C)Nc1nc(C(F)(F)F)ccc1C=CC(=O)N[C@H](C)c1ccc(NS(C)(=O)=O)c(F)c1. The summed E-state index contributed by atoms with van der Waals surface area (Å²) in [6, 6.07) is 5.06. The monoisotopic (exact) mass is 502 g/mol. The molecule has 0 spiro atoms. The van der Waals surface area contributed by atoms with Crippen molar-refractivity contribution in [2.45, 2.75) is 45.5 Å². The molecule has 7 nitrogen and oxygen atoms in total. The Kier molecular flexibility index (Phi) is 8.65. The summed E-state index contributed by atoms with van der Waals surface area (Å²) in [5.41, 5.74) is -0.600. The summed E-state index contributed by atoms with van der Waals surface area (Å²) in [5.74, 6) is -1.38. The van der Waals surface area contributed by atoms with E-state index in [-0.39, 0.29) is 17.5 Å². The van der Waals surface area contributed by atoms with E-state index in [0.717, 1.165) is 24.5 Å². The largest absolute Gasteiger partial charge is 0.433 e. The van der Waals surface area contributed by atoms with Gasteiger partial charge in [0.2, 0.25) is 15.9 Å². The van der Waals surface area contributed by atoms with Crippen LogP contribution in [0, 0.1) is 5.82 Å². The van der Waals surface area contributed by atoms with Crippen molar-refractivity contribution >= 4 is 33.5 Å². The Morgan fingerprint density at radius 2 is 1.85 bits per heavy atom. The van der Waals surface area contributed by atoms with Crippen LogP contribution in [0.3, 0.4) is 0 Å². The molecule has 2 aromatic rings. The van der Waals surface area contributed by atoms with Crippen LogP contribution in [0.5, 0.6) is 0 Å². The first-order valence-corrected chi connectivity index (χ1v) is 12.2. The van der Waals surface area contributed by atoms with E-state index in [0.29, 0.717) is 17.5 Å². The van der Waals surface area contributed by atoms with Gasteiger partial charge in [-0.2, -0.15) is 13.2 Å². The highest BCUT2D eigenvalue weighted by atomic mass is 32.2. The van der Waals surface area contributed by atoms with Gasteiger partial charge in [0.1, 0.15) is 17.3 Å². The van der Waals surface area contributed by atoms with Crippen LogP contribution >= 0.6 is 0 Å². The van der Waals surface area contributed by atoms with Gasteiger partial charge in [0.25, 0.3) is 0 Å². The summed E-state index contributed by atoms with van der Waals surface area (Å²) in [5, 5.41) is 5.52. The third kappa shape index (κ3) is 8.01. The molecule has 12 heteroatoms. The van der Waals surface area contributed by atoms with Crippen LogP contribution in [0.2, 0.25) is 0 Å². The van der Waals surface area contributed by atoms with E-state index in [4.69, 9.17) is 0 Å². The Bertz CT molecular complexity index is 1170. The first-order valence-electron chi connectivity index (χ1n) is 10.3. The van der Waals surface area contributed by atoms with Crippen molar-refractivity contribution in [3.05, 3.63) is 59.0 Å². The van der Waals surface area contributed by atoms with Gasteiger partial charge in [-0.15, -0.1) is 0 Å². The maximum Gasteiger partial charge on any atom is 0.433 e. The lowest BCUT2D eigenvalue weighted by Gasteiger charge is -2.17. The Hall–Kier alpha value is -3.15. The Morgan fingerprint density at radius 3 is 2.41 bits per heavy atom. The number of halogens is 4. The number of carbonyl (C=O) groups is 1. The molecule has 2 atom stereocenters. The van der Waals surface area contributed by atoms with Gasteiger partial charge in [0, 0.05) is 17.7 Å². The van der Waals surface area contributed by atoms with Crippen LogP contribution in [-0.4, -0.2) is 31.6 Å². The van der Waals surface area contributed by atoms with Gasteiger partial charge in [-0.25, -0.2) is 17.8 Å². The fourth-order valence-electron chi connectivity index (χ4n) is 2.81. The van der Waals surface area contributed by atoms with Gasteiger partial charge in [-0.3, -0.25) is 9.52 Å². The van der Waals surface area contributed by atoms with Gasteiger partial charge in [0.15, 0.2) is 0 Å². The second-order valence-electron chi connectivity index (χ2n) is 7.76. The third-order valence-corrected chi connectivity index (χ3v) is 5.36. The zero-order chi connectivity index (χ0) is 25.7. The average molecular weight is 503 g/mol. The number of nitrogens with one attached hydrogen (secondary N) is 3. The van der Waals surface area contributed by atoms with Crippen molar-refractivity contribution in [1.82, 2.24) is 10.3 Å². The predicted molar refractivity (Wildman–Crippen MR) is 123 cm³/mol. The predicted octanol–water partition coefficient (Wildman–Crippen LogP) is 4.71. The normalized spacial score (nSPS) is 14.0. The molecule has 0 saturated carbocycles. The molecule has 1 aromatic heterocycles. The number of alkyl halides is 3. The number of hydrogen-bond acceptors (Lipinski definition) is 5. The molecular weight excluding hydrogens is 476 g/mol. The number of carbonyl (C=O) groups excluding carboxylic acids is 1. The molecule has 0 aliphatic carbocycles. The van der Waals surface area contributed by atoms with Crippen LogP contribution < -0.4 is 15.4 Å². The summed E-state index contributed by atoms with van der Waals surface area (Å²) in [4.78, 5) is 16.0. The number of sulfonamides is 1. The lowest BCUT2D eigenvalue weighted by atomic mass is 10.1. The van der Waals surface area contributed by atoms with Crippen molar-refractivity contribution < 1.29 is 30.8 Å². The fraction of sp³-hybridized carbons (Fsp3) is 0.364. The van der Waals surface area contributed by atoms with E-state index in [1.165, 1.54) is 24.3 Å². The Labute approximate surface area is 195 Å². The van der Waals surface area contributed by atoms with Gasteiger partial charge in [0.05, 0.1) is 18.0 Å². The minimum absolute atomic E-state index is 0.00249. The molecule has 1 aromatic carbocycles. The molecule has 3 N–H and O–H groups in total. The minimum atomic E-state index is -4.61. The highest BCUT2D eigenvalue weighted by molar-refractivity contribution is 7.92. The molecule has 0 aliphatic rings. The molecule has 1 heterocycles. The summed E-state index contributed by atoms with van der Waals surface area (Å²) in [7, 11) is -3.65. The zero-order valence-corrected chi connectivity index (χ0v) is 19.8. The zero-order valence-electron chi connectivity index (χ0n) is 19.0. The number of benzene rings is 1. The van der Waals surface area contributed by atoms with Gasteiger partial charge in [-0.1, -0.05) is 13.0 Å². The summed E-state index contributed by atoms with van der Waals surface area (Å²) in [6.07, 6.45) is -0.597. The van der Waals surface area contributed by atoms with Crippen LogP contribution in [0.15, 0.2) is 36.4 Å². The van der Waals surface area contributed by atoms with E-state index in [2.05, 4.69) is 15.6 Å². The Balaban J connectivity index is 2.17. The topological polar surface area (TPSA) is 100 Å². The Morgan fingerprint density at radius 1 is 1.18 bits per heavy atom. The van der Waals surface area contributed by atoms with E-state index in [9.17, 15) is 30.8 Å². The van der Waals surface area contributed by atoms with Crippen LogP contribution in [0.1, 0.15) is 50.1 Å². The van der Waals surface area contributed by atoms with Crippen LogP contribution in [0.25, 0.3) is 6.08 Å². The van der Waals surface area contributed by atoms with E-state index >= 15 is 0 Å². The third-order valence-electron chi connectivity index (χ3n) is 4.77. The van der Waals surface area contributed by atoms with Crippen LogP contribution in [0.4, 0.5) is 29.1 Å². The number of nitrogens with zero attached hydrogens (tertiary/aromatic N) is 1. The smallest absolute Gasteiger partial charge is 0.367 e. The van der Waals surface area contributed by atoms with Crippen molar-refractivity contribution in [2.24, 2.45) is 0 Å². The highest BCUT2D eigenvalue weighted by Gasteiger charge is 2.33. The van der Waals surface area contributed by atoms with Crippen molar-refractivity contribution in [3.8, 4) is 0 Å². The van der Waals surface area contributed by atoms with Crippen molar-refractivity contribution in [2.75, 3.05) is 16.3 Å². The molecule has 2 rings (SSSR count). The molecule has 1 amide bonds. The average Bonchev–Trinajstić information content (AvgIpc) is 2.72.